The lowest BCUT2D eigenvalue weighted by molar-refractivity contribution is -0.133. The third-order valence-electron chi connectivity index (χ3n) is 3.08. The van der Waals surface area contributed by atoms with Crippen LogP contribution < -0.4 is 0 Å². The van der Waals surface area contributed by atoms with Gasteiger partial charge in [-0.1, -0.05) is 12.2 Å². The highest BCUT2D eigenvalue weighted by Crippen LogP contribution is 2.30. The van der Waals surface area contributed by atoms with Crippen LogP contribution in [0.4, 0.5) is 0 Å². The molecule has 2 N–H and O–H groups in total. The van der Waals surface area contributed by atoms with Gasteiger partial charge in [0.1, 0.15) is 0 Å². The van der Waals surface area contributed by atoms with E-state index in [4.69, 9.17) is 10.2 Å². The third kappa shape index (κ3) is 2.61. The van der Waals surface area contributed by atoms with Crippen molar-refractivity contribution in [1.29, 1.82) is 0 Å². The summed E-state index contributed by atoms with van der Waals surface area (Å²) in [5.41, 5.74) is 1.48. The SMILES string of the molecule is CC=CCN1C(C)=C(C(=O)O)CC(C(=O)O)=C1C. The van der Waals surface area contributed by atoms with Gasteiger partial charge in [0.15, 0.2) is 0 Å². The molecule has 1 aliphatic heterocycles. The van der Waals surface area contributed by atoms with Crippen molar-refractivity contribution in [3.63, 3.8) is 0 Å². The number of carboxylic acids is 2. The Morgan fingerprint density at radius 1 is 1.17 bits per heavy atom. The number of aliphatic carboxylic acids is 2. The minimum absolute atomic E-state index is 0.0331. The predicted molar refractivity (Wildman–Crippen MR) is 66.8 cm³/mol. The first kappa shape index (κ1) is 14.0. The van der Waals surface area contributed by atoms with Crippen LogP contribution in [0.2, 0.25) is 0 Å². The van der Waals surface area contributed by atoms with Gasteiger partial charge in [0.05, 0.1) is 11.1 Å². The standard InChI is InChI=1S/C13H17NO4/c1-4-5-6-14-8(2)10(12(15)16)7-11(9(14)3)13(17)18/h4-5H,6-7H2,1-3H3,(H,15,16)(H,17,18). The zero-order valence-electron chi connectivity index (χ0n) is 10.7. The van der Waals surface area contributed by atoms with Crippen molar-refractivity contribution in [3.05, 3.63) is 34.7 Å². The summed E-state index contributed by atoms with van der Waals surface area (Å²) in [4.78, 5) is 24.0. The summed E-state index contributed by atoms with van der Waals surface area (Å²) < 4.78 is 0. The van der Waals surface area contributed by atoms with Crippen LogP contribution in [0.3, 0.4) is 0 Å². The molecule has 1 heterocycles. The Kier molecular flexibility index (Phi) is 4.31. The molecule has 0 spiro atoms. The van der Waals surface area contributed by atoms with E-state index in [0.29, 0.717) is 17.9 Å². The summed E-state index contributed by atoms with van der Waals surface area (Å²) >= 11 is 0. The molecule has 0 radical (unpaired) electrons. The Bertz CT molecular complexity index is 435. The lowest BCUT2D eigenvalue weighted by atomic mass is 9.96. The predicted octanol–water partition coefficient (Wildman–Crippen LogP) is 1.99. The van der Waals surface area contributed by atoms with Gasteiger partial charge in [-0.05, 0) is 20.8 Å². The molecule has 0 fully saturated rings. The monoisotopic (exact) mass is 251 g/mol. The van der Waals surface area contributed by atoms with E-state index in [-0.39, 0.29) is 17.6 Å². The van der Waals surface area contributed by atoms with Gasteiger partial charge in [0.2, 0.25) is 0 Å². The maximum Gasteiger partial charge on any atom is 0.333 e. The first-order valence-corrected chi connectivity index (χ1v) is 5.64. The number of allylic oxidation sites excluding steroid dienone is 3. The largest absolute Gasteiger partial charge is 0.478 e. The second-order valence-corrected chi connectivity index (χ2v) is 4.09. The van der Waals surface area contributed by atoms with Gasteiger partial charge in [-0.15, -0.1) is 0 Å². The second kappa shape index (κ2) is 5.53. The second-order valence-electron chi connectivity index (χ2n) is 4.09. The molecule has 0 aromatic heterocycles. The molecule has 5 nitrogen and oxygen atoms in total. The highest BCUT2D eigenvalue weighted by atomic mass is 16.4. The molecule has 0 saturated carbocycles. The van der Waals surface area contributed by atoms with E-state index in [1.54, 1.807) is 18.7 Å². The van der Waals surface area contributed by atoms with E-state index in [2.05, 4.69) is 0 Å². The molecule has 0 aromatic carbocycles. The quantitative estimate of drug-likeness (QED) is 0.747. The lowest BCUT2D eigenvalue weighted by Crippen LogP contribution is -2.30. The van der Waals surface area contributed by atoms with Gasteiger partial charge < -0.3 is 15.1 Å². The molecule has 0 aliphatic carbocycles. The maximum absolute atomic E-state index is 11.1. The van der Waals surface area contributed by atoms with E-state index in [9.17, 15) is 9.59 Å². The molecule has 1 rings (SSSR count). The fraction of sp³-hybridized carbons (Fsp3) is 0.385. The van der Waals surface area contributed by atoms with Gasteiger partial charge in [0.25, 0.3) is 0 Å². The summed E-state index contributed by atoms with van der Waals surface area (Å²) in [6.07, 6.45) is 3.67. The minimum Gasteiger partial charge on any atom is -0.478 e. The highest BCUT2D eigenvalue weighted by Gasteiger charge is 2.28. The summed E-state index contributed by atoms with van der Waals surface area (Å²) in [6.45, 7) is 5.74. The summed E-state index contributed by atoms with van der Waals surface area (Å²) in [6, 6.07) is 0. The normalized spacial score (nSPS) is 16.7. The van der Waals surface area contributed by atoms with Crippen LogP contribution in [-0.4, -0.2) is 33.6 Å². The molecule has 5 heteroatoms. The van der Waals surface area contributed by atoms with Gasteiger partial charge in [-0.25, -0.2) is 9.59 Å². The lowest BCUT2D eigenvalue weighted by Gasteiger charge is -2.32. The average molecular weight is 251 g/mol. The summed E-state index contributed by atoms with van der Waals surface area (Å²) in [7, 11) is 0. The Morgan fingerprint density at radius 2 is 1.61 bits per heavy atom. The molecule has 0 atom stereocenters. The molecule has 1 aliphatic rings. The maximum atomic E-state index is 11.1. The number of carboxylic acid groups (broad SMARTS) is 2. The van der Waals surface area contributed by atoms with Crippen LogP contribution in [0.25, 0.3) is 0 Å². The van der Waals surface area contributed by atoms with Crippen molar-refractivity contribution >= 4 is 11.9 Å². The topological polar surface area (TPSA) is 77.8 Å². The zero-order chi connectivity index (χ0) is 13.9. The molecule has 0 amide bonds. The number of hydrogen-bond donors (Lipinski definition) is 2. The van der Waals surface area contributed by atoms with Crippen molar-refractivity contribution in [1.82, 2.24) is 4.90 Å². The molecule has 0 bridgehead atoms. The minimum atomic E-state index is -1.07. The first-order valence-electron chi connectivity index (χ1n) is 5.64. The van der Waals surface area contributed by atoms with Crippen molar-refractivity contribution in [2.45, 2.75) is 27.2 Å². The van der Waals surface area contributed by atoms with Crippen LogP contribution in [0.15, 0.2) is 34.7 Å². The molecule has 0 saturated heterocycles. The molecule has 98 valence electrons. The summed E-state index contributed by atoms with van der Waals surface area (Å²) in [5.74, 6) is -2.13. The molecule has 0 aromatic rings. The van der Waals surface area contributed by atoms with Gasteiger partial charge >= 0.3 is 11.9 Å². The van der Waals surface area contributed by atoms with Crippen molar-refractivity contribution in [2.75, 3.05) is 6.54 Å². The number of rotatable bonds is 4. The Labute approximate surface area is 106 Å². The fourth-order valence-electron chi connectivity index (χ4n) is 1.96. The Morgan fingerprint density at radius 3 is 1.94 bits per heavy atom. The van der Waals surface area contributed by atoms with Crippen molar-refractivity contribution in [2.24, 2.45) is 0 Å². The van der Waals surface area contributed by atoms with Gasteiger partial charge in [-0.3, -0.25) is 0 Å². The van der Waals surface area contributed by atoms with E-state index in [1.165, 1.54) is 0 Å². The Balaban J connectivity index is 3.24. The number of nitrogens with zero attached hydrogens (tertiary/aromatic N) is 1. The molecule has 0 unspecified atom stereocenters. The van der Waals surface area contributed by atoms with Crippen LogP contribution in [-0.2, 0) is 9.59 Å². The van der Waals surface area contributed by atoms with Crippen LogP contribution in [0.1, 0.15) is 27.2 Å². The molecule has 18 heavy (non-hydrogen) atoms. The van der Waals surface area contributed by atoms with Gasteiger partial charge in [-0.2, -0.15) is 0 Å². The van der Waals surface area contributed by atoms with Crippen LogP contribution in [0, 0.1) is 0 Å². The van der Waals surface area contributed by atoms with E-state index >= 15 is 0 Å². The van der Waals surface area contributed by atoms with Gasteiger partial charge in [0, 0.05) is 24.4 Å². The number of hydrogen-bond acceptors (Lipinski definition) is 3. The van der Waals surface area contributed by atoms with Crippen molar-refractivity contribution in [3.8, 4) is 0 Å². The van der Waals surface area contributed by atoms with E-state index in [1.807, 2.05) is 19.1 Å². The van der Waals surface area contributed by atoms with Crippen molar-refractivity contribution < 1.29 is 19.8 Å². The smallest absolute Gasteiger partial charge is 0.333 e. The zero-order valence-corrected chi connectivity index (χ0v) is 10.7. The highest BCUT2D eigenvalue weighted by molar-refractivity contribution is 5.95. The van der Waals surface area contributed by atoms with E-state index < -0.39 is 11.9 Å². The third-order valence-corrected chi connectivity index (χ3v) is 3.08. The summed E-state index contributed by atoms with van der Waals surface area (Å²) in [5, 5.41) is 18.2. The van der Waals surface area contributed by atoms with E-state index in [0.717, 1.165) is 0 Å². The van der Waals surface area contributed by atoms with Crippen LogP contribution in [0.5, 0.6) is 0 Å². The molecular weight excluding hydrogens is 234 g/mol. The molecular formula is C13H17NO4. The average Bonchev–Trinajstić information content (AvgIpc) is 2.28. The number of carbonyl (C=O) groups is 2. The van der Waals surface area contributed by atoms with Crippen LogP contribution >= 0.6 is 0 Å². The first-order chi connectivity index (χ1) is 8.40. The Hall–Kier alpha value is -2.04. The fourth-order valence-corrected chi connectivity index (χ4v) is 1.96.